The zero-order valence-corrected chi connectivity index (χ0v) is 24.1. The Balaban J connectivity index is 2.78. The molecule has 0 radical (unpaired) electrons. The number of esters is 1. The summed E-state index contributed by atoms with van der Waals surface area (Å²) in [6.45, 7) is 5.95. The summed E-state index contributed by atoms with van der Waals surface area (Å²) in [6.07, 6.45) is 3.47. The standard InChI is InChI=1S/C27H20F6O9S2/c1-4-9-15-13-20(25(35)40-6-3)24(42-44(38,39)27(31,32)33)21(18(15)5-2)22-19-11-8-7-10-16(19)12-17(14-34)23(22)41-43(36,37)26(28,29)30/h4-5,7-14H,2,6H2,1,3H3/b9-4-. The van der Waals surface area contributed by atoms with Gasteiger partial charge in [0.25, 0.3) is 0 Å². The van der Waals surface area contributed by atoms with Crippen molar-refractivity contribution >= 4 is 55.4 Å². The molecule has 0 heterocycles. The van der Waals surface area contributed by atoms with Crippen LogP contribution in [0.2, 0.25) is 0 Å². The van der Waals surface area contributed by atoms with Gasteiger partial charge in [-0.05, 0) is 47.9 Å². The lowest BCUT2D eigenvalue weighted by Gasteiger charge is -2.23. The van der Waals surface area contributed by atoms with Crippen molar-refractivity contribution in [1.29, 1.82) is 0 Å². The quantitative estimate of drug-likeness (QED) is 0.0770. The average molecular weight is 667 g/mol. The van der Waals surface area contributed by atoms with Crippen molar-refractivity contribution in [2.75, 3.05) is 6.61 Å². The third-order valence-corrected chi connectivity index (χ3v) is 7.66. The highest BCUT2D eigenvalue weighted by atomic mass is 32.2. The third kappa shape index (κ3) is 6.42. The van der Waals surface area contributed by atoms with Crippen molar-refractivity contribution in [3.05, 3.63) is 71.3 Å². The number of hydrogen-bond donors (Lipinski definition) is 0. The number of alkyl halides is 6. The second-order valence-electron chi connectivity index (χ2n) is 8.53. The molecule has 0 N–H and O–H groups in total. The van der Waals surface area contributed by atoms with E-state index in [4.69, 9.17) is 4.74 Å². The van der Waals surface area contributed by atoms with Crippen LogP contribution in [0.25, 0.3) is 34.1 Å². The van der Waals surface area contributed by atoms with Crippen LogP contribution in [0.4, 0.5) is 26.3 Å². The number of rotatable bonds is 10. The lowest BCUT2D eigenvalue weighted by atomic mass is 9.87. The van der Waals surface area contributed by atoms with Crippen LogP contribution in [-0.2, 0) is 25.0 Å². The van der Waals surface area contributed by atoms with Crippen LogP contribution in [0.5, 0.6) is 11.5 Å². The largest absolute Gasteiger partial charge is 0.534 e. The highest BCUT2D eigenvalue weighted by Crippen LogP contribution is 2.50. The van der Waals surface area contributed by atoms with E-state index in [-0.39, 0.29) is 34.8 Å². The predicted molar refractivity (Wildman–Crippen MR) is 147 cm³/mol. The number of carbonyl (C=O) groups excluding carboxylic acids is 2. The first-order valence-corrected chi connectivity index (χ1v) is 14.8. The lowest BCUT2D eigenvalue weighted by Crippen LogP contribution is -2.29. The molecule has 0 spiro atoms. The first kappa shape index (κ1) is 34.1. The molecule has 0 unspecified atom stereocenters. The van der Waals surface area contributed by atoms with E-state index in [0.717, 1.165) is 24.3 Å². The van der Waals surface area contributed by atoms with Gasteiger partial charge in [0, 0.05) is 11.1 Å². The minimum Gasteiger partial charge on any atom is -0.462 e. The van der Waals surface area contributed by atoms with Crippen LogP contribution in [-0.4, -0.2) is 46.7 Å². The van der Waals surface area contributed by atoms with E-state index in [2.05, 4.69) is 14.9 Å². The Morgan fingerprint density at radius 3 is 1.95 bits per heavy atom. The lowest BCUT2D eigenvalue weighted by molar-refractivity contribution is -0.0505. The molecule has 9 nitrogen and oxygen atoms in total. The average Bonchev–Trinajstić information content (AvgIpc) is 2.92. The van der Waals surface area contributed by atoms with Gasteiger partial charge in [-0.25, -0.2) is 4.79 Å². The molecule has 0 fully saturated rings. The van der Waals surface area contributed by atoms with Gasteiger partial charge in [0.2, 0.25) is 0 Å². The maximum Gasteiger partial charge on any atom is 0.534 e. The van der Waals surface area contributed by atoms with Crippen LogP contribution in [0.3, 0.4) is 0 Å². The van der Waals surface area contributed by atoms with Crippen LogP contribution >= 0.6 is 0 Å². The SMILES string of the molecule is C=Cc1c(/C=C\C)cc(C(=O)OCC)c(OS(=O)(=O)C(F)(F)F)c1-c1c(OS(=O)(=O)C(F)(F)F)c(C=O)cc2ccccc12. The predicted octanol–water partition coefficient (Wildman–Crippen LogP) is 6.63. The maximum atomic E-state index is 13.6. The molecule has 17 heteroatoms. The van der Waals surface area contributed by atoms with E-state index in [0.29, 0.717) is 0 Å². The van der Waals surface area contributed by atoms with Crippen molar-refractivity contribution < 1.29 is 65.9 Å². The Morgan fingerprint density at radius 1 is 0.886 bits per heavy atom. The van der Waals surface area contributed by atoms with Gasteiger partial charge in [0.15, 0.2) is 17.8 Å². The van der Waals surface area contributed by atoms with Gasteiger partial charge < -0.3 is 13.1 Å². The van der Waals surface area contributed by atoms with E-state index in [1.54, 1.807) is 0 Å². The molecule has 3 rings (SSSR count). The minimum atomic E-state index is -6.61. The first-order valence-electron chi connectivity index (χ1n) is 12.0. The molecule has 0 bridgehead atoms. The second-order valence-corrected chi connectivity index (χ2v) is 11.6. The zero-order valence-electron chi connectivity index (χ0n) is 22.4. The molecule has 3 aromatic carbocycles. The van der Waals surface area contributed by atoms with E-state index in [1.165, 1.54) is 44.2 Å². The Kier molecular flexibility index (Phi) is 9.55. The molecule has 236 valence electrons. The maximum absolute atomic E-state index is 13.6. The van der Waals surface area contributed by atoms with E-state index in [1.807, 2.05) is 0 Å². The van der Waals surface area contributed by atoms with Crippen molar-refractivity contribution in [2.24, 2.45) is 0 Å². The summed E-state index contributed by atoms with van der Waals surface area (Å²) in [5.41, 5.74) is -16.1. The molecule has 0 amide bonds. The number of aldehydes is 1. The van der Waals surface area contributed by atoms with Gasteiger partial charge in [0.05, 0.1) is 12.2 Å². The fraction of sp³-hybridized carbons (Fsp3) is 0.185. The summed E-state index contributed by atoms with van der Waals surface area (Å²) >= 11 is 0. The molecule has 0 saturated heterocycles. The molecule has 0 saturated carbocycles. The minimum absolute atomic E-state index is 0.00937. The normalized spacial score (nSPS) is 12.7. The van der Waals surface area contributed by atoms with Gasteiger partial charge in [-0.1, -0.05) is 49.1 Å². The first-order chi connectivity index (χ1) is 20.3. The highest BCUT2D eigenvalue weighted by molar-refractivity contribution is 7.88. The number of allylic oxidation sites excluding steroid dienone is 1. The Hall–Kier alpha value is -4.38. The summed E-state index contributed by atoms with van der Waals surface area (Å²) in [5, 5.41) is -0.245. The molecular formula is C27H20F6O9S2. The second kappa shape index (κ2) is 12.3. The Bertz CT molecular complexity index is 1890. The van der Waals surface area contributed by atoms with Crippen molar-refractivity contribution in [1.82, 2.24) is 0 Å². The van der Waals surface area contributed by atoms with Crippen LogP contribution in [0.15, 0.2) is 49.1 Å². The monoisotopic (exact) mass is 666 g/mol. The number of halogens is 6. The molecule has 3 aromatic rings. The number of ether oxygens (including phenoxy) is 1. The number of benzene rings is 3. The fourth-order valence-electron chi connectivity index (χ4n) is 4.02. The highest BCUT2D eigenvalue weighted by Gasteiger charge is 2.51. The Labute approximate surface area is 246 Å². The van der Waals surface area contributed by atoms with Crippen LogP contribution in [0, 0.1) is 0 Å². The van der Waals surface area contributed by atoms with E-state index < -0.39 is 71.0 Å². The summed E-state index contributed by atoms with van der Waals surface area (Å²) in [6, 6.07) is 6.95. The topological polar surface area (TPSA) is 130 Å². The molecular weight excluding hydrogens is 646 g/mol. The van der Waals surface area contributed by atoms with Gasteiger partial charge in [-0.15, -0.1) is 0 Å². The molecule has 0 aliphatic rings. The summed E-state index contributed by atoms with van der Waals surface area (Å²) < 4.78 is 144. The third-order valence-electron chi connectivity index (χ3n) is 5.76. The summed E-state index contributed by atoms with van der Waals surface area (Å²) in [5.74, 6) is -4.21. The van der Waals surface area contributed by atoms with Crippen molar-refractivity contribution in [3.63, 3.8) is 0 Å². The summed E-state index contributed by atoms with van der Waals surface area (Å²) in [4.78, 5) is 25.1. The Morgan fingerprint density at radius 2 is 1.45 bits per heavy atom. The number of hydrogen-bond acceptors (Lipinski definition) is 9. The molecule has 0 aliphatic carbocycles. The molecule has 0 aliphatic heterocycles. The van der Waals surface area contributed by atoms with E-state index in [9.17, 15) is 52.8 Å². The van der Waals surface area contributed by atoms with Crippen molar-refractivity contribution in [3.8, 4) is 22.6 Å². The molecule has 44 heavy (non-hydrogen) atoms. The number of fused-ring (bicyclic) bond motifs is 1. The van der Waals surface area contributed by atoms with Gasteiger partial charge >= 0.3 is 37.2 Å². The van der Waals surface area contributed by atoms with Gasteiger partial charge in [-0.3, -0.25) is 4.79 Å². The molecule has 0 atom stereocenters. The zero-order chi connectivity index (χ0) is 33.3. The van der Waals surface area contributed by atoms with Gasteiger partial charge in [0.1, 0.15) is 5.56 Å². The summed E-state index contributed by atoms with van der Waals surface area (Å²) in [7, 11) is -13.2. The van der Waals surface area contributed by atoms with Gasteiger partial charge in [-0.2, -0.15) is 43.2 Å². The van der Waals surface area contributed by atoms with Crippen LogP contribution < -0.4 is 8.37 Å². The fourth-order valence-corrected chi connectivity index (χ4v) is 5.00. The number of carbonyl (C=O) groups is 2. The smallest absolute Gasteiger partial charge is 0.462 e. The van der Waals surface area contributed by atoms with Crippen LogP contribution in [0.1, 0.15) is 45.7 Å². The van der Waals surface area contributed by atoms with E-state index >= 15 is 0 Å². The molecule has 0 aromatic heterocycles. The van der Waals surface area contributed by atoms with Crippen molar-refractivity contribution in [2.45, 2.75) is 24.9 Å².